The van der Waals surface area contributed by atoms with E-state index in [1.807, 2.05) is 32.0 Å². The van der Waals surface area contributed by atoms with Crippen LogP contribution in [-0.4, -0.2) is 53.4 Å². The molecule has 2 atom stereocenters. The summed E-state index contributed by atoms with van der Waals surface area (Å²) in [6.45, 7) is 8.98. The van der Waals surface area contributed by atoms with Gasteiger partial charge >= 0.3 is 6.09 Å². The molecule has 194 valence electrons. The summed E-state index contributed by atoms with van der Waals surface area (Å²) in [6, 6.07) is 3.44. The Hall–Kier alpha value is -3.10. The quantitative estimate of drug-likeness (QED) is 0.518. The molecule has 0 spiro atoms. The highest BCUT2D eigenvalue weighted by molar-refractivity contribution is 5.94. The Kier molecular flexibility index (Phi) is 9.68. The van der Waals surface area contributed by atoms with Gasteiger partial charge in [0.25, 0.3) is 0 Å². The van der Waals surface area contributed by atoms with Crippen molar-refractivity contribution in [2.45, 2.75) is 96.9 Å². The molecule has 1 aromatic carbocycles. The van der Waals surface area contributed by atoms with Crippen molar-refractivity contribution in [3.8, 4) is 0 Å². The maximum Gasteiger partial charge on any atom is 0.408 e. The van der Waals surface area contributed by atoms with E-state index < -0.39 is 42.0 Å². The first kappa shape index (κ1) is 28.1. The average Bonchev–Trinajstić information content (AvgIpc) is 2.74. The second kappa shape index (κ2) is 12.0. The van der Waals surface area contributed by atoms with Crippen molar-refractivity contribution in [3.05, 3.63) is 34.9 Å². The zero-order valence-electron chi connectivity index (χ0n) is 21.8. The smallest absolute Gasteiger partial charge is 0.408 e. The van der Waals surface area contributed by atoms with Crippen LogP contribution in [0.5, 0.6) is 0 Å². The molecule has 0 radical (unpaired) electrons. The number of rotatable bonds is 8. The van der Waals surface area contributed by atoms with Gasteiger partial charge in [-0.3, -0.25) is 14.4 Å². The number of carbonyl (C=O) groups is 4. The zero-order chi connectivity index (χ0) is 26.3. The van der Waals surface area contributed by atoms with E-state index in [0.29, 0.717) is 5.56 Å². The van der Waals surface area contributed by atoms with Crippen LogP contribution in [0.4, 0.5) is 4.79 Å². The zero-order valence-corrected chi connectivity index (χ0v) is 21.8. The molecule has 2 unspecified atom stereocenters. The fourth-order valence-electron chi connectivity index (χ4n) is 4.24. The van der Waals surface area contributed by atoms with Crippen LogP contribution in [0.15, 0.2) is 18.2 Å². The van der Waals surface area contributed by atoms with Gasteiger partial charge in [0.2, 0.25) is 17.7 Å². The monoisotopic (exact) mass is 488 g/mol. The van der Waals surface area contributed by atoms with E-state index in [4.69, 9.17) is 10.5 Å². The van der Waals surface area contributed by atoms with Crippen molar-refractivity contribution in [2.75, 3.05) is 7.05 Å². The number of aryl methyl sites for hydroxylation is 2. The topological polar surface area (TPSA) is 131 Å². The van der Waals surface area contributed by atoms with Crippen LogP contribution in [0.2, 0.25) is 0 Å². The van der Waals surface area contributed by atoms with E-state index >= 15 is 0 Å². The van der Waals surface area contributed by atoms with Gasteiger partial charge in [-0.05, 0) is 64.2 Å². The number of amides is 4. The second-order valence-corrected chi connectivity index (χ2v) is 10.4. The van der Waals surface area contributed by atoms with Crippen molar-refractivity contribution in [1.82, 2.24) is 15.5 Å². The molecule has 35 heavy (non-hydrogen) atoms. The Bertz CT molecular complexity index is 934. The normalized spacial score (nSPS) is 16.1. The van der Waals surface area contributed by atoms with Gasteiger partial charge < -0.3 is 26.0 Å². The molecule has 0 saturated heterocycles. The van der Waals surface area contributed by atoms with Crippen molar-refractivity contribution in [3.63, 3.8) is 0 Å². The number of primary amides is 1. The van der Waals surface area contributed by atoms with Gasteiger partial charge in [0.15, 0.2) is 0 Å². The van der Waals surface area contributed by atoms with Crippen molar-refractivity contribution >= 4 is 23.8 Å². The summed E-state index contributed by atoms with van der Waals surface area (Å²) in [5.41, 5.74) is 7.26. The Morgan fingerprint density at radius 1 is 1.09 bits per heavy atom. The largest absolute Gasteiger partial charge is 0.444 e. The van der Waals surface area contributed by atoms with Crippen LogP contribution in [0.3, 0.4) is 0 Å². The molecule has 9 heteroatoms. The molecule has 1 aromatic rings. The van der Waals surface area contributed by atoms with E-state index in [2.05, 4.69) is 10.6 Å². The maximum absolute atomic E-state index is 13.5. The standard InChI is InChI=1S/C26H40N4O5/c1-16-12-13-18(14-17(16)2)22(23(32)28-19-10-8-7-9-11-19)30(6)24(33)20(15-21(27)31)29-25(34)35-26(3,4)5/h12-14,19-20,22H,7-11,15H2,1-6H3,(H2,27,31)(H,28,32)(H,29,34). The Morgan fingerprint density at radius 2 is 1.71 bits per heavy atom. The summed E-state index contributed by atoms with van der Waals surface area (Å²) in [4.78, 5) is 52.3. The van der Waals surface area contributed by atoms with E-state index in [-0.39, 0.29) is 11.9 Å². The highest BCUT2D eigenvalue weighted by Gasteiger charge is 2.35. The number of ether oxygens (including phenoxy) is 1. The van der Waals surface area contributed by atoms with Crippen molar-refractivity contribution in [2.24, 2.45) is 5.73 Å². The second-order valence-electron chi connectivity index (χ2n) is 10.4. The van der Waals surface area contributed by atoms with E-state index in [1.165, 1.54) is 11.9 Å². The third kappa shape index (κ3) is 8.56. The lowest BCUT2D eigenvalue weighted by Gasteiger charge is -2.33. The molecule has 0 bridgehead atoms. The van der Waals surface area contributed by atoms with Gasteiger partial charge in [-0.2, -0.15) is 0 Å². The Balaban J connectivity index is 2.34. The summed E-state index contributed by atoms with van der Waals surface area (Å²) in [5.74, 6) is -1.68. The van der Waals surface area contributed by atoms with Gasteiger partial charge in [0.05, 0.1) is 6.42 Å². The SMILES string of the molecule is Cc1ccc(C(C(=O)NC2CCCCC2)N(C)C(=O)C(CC(N)=O)NC(=O)OC(C)(C)C)cc1C. The van der Waals surface area contributed by atoms with Crippen molar-refractivity contribution in [1.29, 1.82) is 0 Å². The number of nitrogens with one attached hydrogen (secondary N) is 2. The minimum Gasteiger partial charge on any atom is -0.444 e. The molecule has 2 rings (SSSR count). The molecule has 0 heterocycles. The predicted molar refractivity (Wildman–Crippen MR) is 133 cm³/mol. The molecule has 4 N–H and O–H groups in total. The fourth-order valence-corrected chi connectivity index (χ4v) is 4.24. The Labute approximate surface area is 208 Å². The molecule has 1 fully saturated rings. The van der Waals surface area contributed by atoms with Crippen LogP contribution in [-0.2, 0) is 19.1 Å². The first-order chi connectivity index (χ1) is 16.3. The minimum atomic E-state index is -1.27. The molecule has 0 aromatic heterocycles. The number of alkyl carbamates (subject to hydrolysis) is 1. The van der Waals surface area contributed by atoms with Gasteiger partial charge in [0.1, 0.15) is 17.7 Å². The van der Waals surface area contributed by atoms with Crippen molar-refractivity contribution < 1.29 is 23.9 Å². The first-order valence-corrected chi connectivity index (χ1v) is 12.2. The predicted octanol–water partition coefficient (Wildman–Crippen LogP) is 3.02. The van der Waals surface area contributed by atoms with Gasteiger partial charge in [-0.1, -0.05) is 37.5 Å². The maximum atomic E-state index is 13.5. The molecule has 4 amide bonds. The fraction of sp³-hybridized carbons (Fsp3) is 0.615. The molecule has 1 saturated carbocycles. The van der Waals surface area contributed by atoms with E-state index in [9.17, 15) is 19.2 Å². The van der Waals surface area contributed by atoms with Crippen LogP contribution in [0.1, 0.15) is 82.0 Å². The third-order valence-electron chi connectivity index (χ3n) is 6.18. The van der Waals surface area contributed by atoms with Crippen LogP contribution in [0, 0.1) is 13.8 Å². The number of nitrogens with two attached hydrogens (primary N) is 1. The van der Waals surface area contributed by atoms with E-state index in [0.717, 1.165) is 43.2 Å². The molecule has 1 aliphatic carbocycles. The molecule has 1 aliphatic rings. The number of hydrogen-bond donors (Lipinski definition) is 3. The average molecular weight is 489 g/mol. The number of nitrogens with zero attached hydrogens (tertiary/aromatic N) is 1. The highest BCUT2D eigenvalue weighted by atomic mass is 16.6. The number of hydrogen-bond acceptors (Lipinski definition) is 5. The van der Waals surface area contributed by atoms with Gasteiger partial charge in [0, 0.05) is 13.1 Å². The van der Waals surface area contributed by atoms with Crippen LogP contribution in [0.25, 0.3) is 0 Å². The van der Waals surface area contributed by atoms with Gasteiger partial charge in [-0.25, -0.2) is 4.79 Å². The van der Waals surface area contributed by atoms with Crippen LogP contribution >= 0.6 is 0 Å². The molecular formula is C26H40N4O5. The number of likely N-dealkylation sites (N-methyl/N-ethyl adjacent to an activating group) is 1. The lowest BCUT2D eigenvalue weighted by atomic mass is 9.94. The summed E-state index contributed by atoms with van der Waals surface area (Å²) in [5, 5.41) is 5.55. The number of carbonyl (C=O) groups excluding carboxylic acids is 4. The summed E-state index contributed by atoms with van der Waals surface area (Å²) >= 11 is 0. The molecule has 9 nitrogen and oxygen atoms in total. The lowest BCUT2D eigenvalue weighted by molar-refractivity contribution is -0.142. The van der Waals surface area contributed by atoms with E-state index in [1.54, 1.807) is 20.8 Å². The van der Waals surface area contributed by atoms with Crippen LogP contribution < -0.4 is 16.4 Å². The summed E-state index contributed by atoms with van der Waals surface area (Å²) < 4.78 is 5.25. The molecular weight excluding hydrogens is 448 g/mol. The third-order valence-corrected chi connectivity index (χ3v) is 6.18. The Morgan fingerprint density at radius 3 is 2.26 bits per heavy atom. The van der Waals surface area contributed by atoms with Gasteiger partial charge in [-0.15, -0.1) is 0 Å². The lowest BCUT2D eigenvalue weighted by Crippen LogP contribution is -2.53. The molecule has 0 aliphatic heterocycles. The number of benzene rings is 1. The first-order valence-electron chi connectivity index (χ1n) is 12.2. The summed E-state index contributed by atoms with van der Waals surface area (Å²) in [7, 11) is 1.49. The summed E-state index contributed by atoms with van der Waals surface area (Å²) in [6.07, 6.45) is 3.77. The minimum absolute atomic E-state index is 0.0510. The highest BCUT2D eigenvalue weighted by Crippen LogP contribution is 2.25.